The largest absolute Gasteiger partial charge is 0.326 e. The van der Waals surface area contributed by atoms with E-state index in [4.69, 9.17) is 4.98 Å². The van der Waals surface area contributed by atoms with Gasteiger partial charge in [0.25, 0.3) is 0 Å². The molecule has 1 amide bonds. The van der Waals surface area contributed by atoms with Crippen LogP contribution in [0.4, 0.5) is 5.69 Å². The maximum absolute atomic E-state index is 13.1. The number of hydrogen-bond acceptors (Lipinski definition) is 5. The lowest BCUT2D eigenvalue weighted by atomic mass is 10.1. The minimum Gasteiger partial charge on any atom is -0.326 e. The summed E-state index contributed by atoms with van der Waals surface area (Å²) < 4.78 is 28.1. The summed E-state index contributed by atoms with van der Waals surface area (Å²) in [6, 6.07) is 18.6. The zero-order chi connectivity index (χ0) is 24.9. The third kappa shape index (κ3) is 3.89. The lowest BCUT2D eigenvalue weighted by Gasteiger charge is -2.09. The maximum atomic E-state index is 13.1. The number of sulfone groups is 1. The van der Waals surface area contributed by atoms with Crippen molar-refractivity contribution in [3.63, 3.8) is 0 Å². The maximum Gasteiger partial charge on any atom is 0.230 e. The second-order valence-corrected chi connectivity index (χ2v) is 10.4. The summed E-state index contributed by atoms with van der Waals surface area (Å²) >= 11 is 0. The van der Waals surface area contributed by atoms with Gasteiger partial charge in [0.05, 0.1) is 28.9 Å². The molecule has 0 bridgehead atoms. The Morgan fingerprint density at radius 1 is 1.00 bits per heavy atom. The number of carbonyl (C=O) groups excluding carboxylic acids is 1. The van der Waals surface area contributed by atoms with Crippen LogP contribution in [0.25, 0.3) is 34.1 Å². The van der Waals surface area contributed by atoms with Crippen molar-refractivity contribution in [3.05, 3.63) is 95.9 Å². The predicted molar refractivity (Wildman–Crippen MR) is 138 cm³/mol. The summed E-state index contributed by atoms with van der Waals surface area (Å²) in [5.41, 5.74) is 6.07. The van der Waals surface area contributed by atoms with Crippen molar-refractivity contribution >= 4 is 33.2 Å². The molecule has 6 rings (SSSR count). The van der Waals surface area contributed by atoms with Gasteiger partial charge in [-0.25, -0.2) is 13.4 Å². The summed E-state index contributed by atoms with van der Waals surface area (Å²) in [5, 5.41) is 8.27. The molecule has 5 aromatic rings. The second-order valence-electron chi connectivity index (χ2n) is 8.64. The van der Waals surface area contributed by atoms with Gasteiger partial charge in [0.1, 0.15) is 5.65 Å². The molecule has 0 spiro atoms. The number of benzene rings is 2. The first kappa shape index (κ1) is 22.0. The van der Waals surface area contributed by atoms with Crippen LogP contribution in [0.1, 0.15) is 11.3 Å². The Balaban J connectivity index is 1.36. The number of nitrogens with zero attached hydrogens (tertiary/aromatic N) is 4. The van der Waals surface area contributed by atoms with Crippen LogP contribution >= 0.6 is 0 Å². The van der Waals surface area contributed by atoms with Crippen LogP contribution in [0.5, 0.6) is 0 Å². The third-order valence-corrected chi connectivity index (χ3v) is 7.63. The predicted octanol–water partition coefficient (Wildman–Crippen LogP) is 4.34. The summed E-state index contributed by atoms with van der Waals surface area (Å²) in [4.78, 5) is 18.2. The van der Waals surface area contributed by atoms with Crippen LogP contribution in [-0.2, 0) is 28.1 Å². The van der Waals surface area contributed by atoms with Crippen molar-refractivity contribution in [3.8, 4) is 22.4 Å². The van der Waals surface area contributed by atoms with Crippen molar-refractivity contribution in [2.24, 2.45) is 7.05 Å². The summed E-state index contributed by atoms with van der Waals surface area (Å²) in [7, 11) is -1.59. The number of anilines is 1. The van der Waals surface area contributed by atoms with Gasteiger partial charge in [-0.3, -0.25) is 9.48 Å². The number of amides is 1. The monoisotopic (exact) mass is 495 g/mol. The number of pyridine rings is 1. The van der Waals surface area contributed by atoms with Crippen molar-refractivity contribution in [1.82, 2.24) is 19.2 Å². The Kier molecular flexibility index (Phi) is 5.08. The van der Waals surface area contributed by atoms with E-state index >= 15 is 0 Å². The molecule has 2 aromatic carbocycles. The van der Waals surface area contributed by atoms with E-state index < -0.39 is 9.84 Å². The molecule has 4 heterocycles. The lowest BCUT2D eigenvalue weighted by Crippen LogP contribution is -2.16. The SMILES string of the molecule is Cn1cc(-c2ccn3c(CC(=O)Nc4ccc5c(c4)S(=O)(=O)C=C5)c(-c4ccccc4)nc3c2)cn1. The topological polar surface area (TPSA) is 98.4 Å². The van der Waals surface area contributed by atoms with E-state index in [0.29, 0.717) is 16.9 Å². The minimum absolute atomic E-state index is 0.0553. The van der Waals surface area contributed by atoms with Gasteiger partial charge < -0.3 is 9.72 Å². The summed E-state index contributed by atoms with van der Waals surface area (Å²) in [6.07, 6.45) is 7.26. The molecule has 1 aliphatic rings. The Morgan fingerprint density at radius 2 is 1.83 bits per heavy atom. The standard InChI is InChI=1S/C27H21N5O3S/c1-31-17-21(16-28-31)20-9-11-32-23(27(30-25(32)13-20)19-5-3-2-4-6-19)15-26(33)29-22-8-7-18-10-12-36(34,35)24(18)14-22/h2-14,16-17H,15H2,1H3,(H,29,33). The zero-order valence-electron chi connectivity index (χ0n) is 19.3. The fraction of sp³-hybridized carbons (Fsp3) is 0.0741. The number of aryl methyl sites for hydroxylation is 1. The average Bonchev–Trinajstić information content (AvgIpc) is 3.55. The second kappa shape index (κ2) is 8.31. The van der Waals surface area contributed by atoms with Gasteiger partial charge in [-0.15, -0.1) is 0 Å². The van der Waals surface area contributed by atoms with E-state index in [1.54, 1.807) is 29.1 Å². The summed E-state index contributed by atoms with van der Waals surface area (Å²) in [6.45, 7) is 0. The van der Waals surface area contributed by atoms with E-state index in [1.807, 2.05) is 66.3 Å². The highest BCUT2D eigenvalue weighted by Crippen LogP contribution is 2.30. The Morgan fingerprint density at radius 3 is 2.61 bits per heavy atom. The van der Waals surface area contributed by atoms with E-state index in [9.17, 15) is 13.2 Å². The number of nitrogens with one attached hydrogen (secondary N) is 1. The van der Waals surface area contributed by atoms with Crippen LogP contribution in [0.2, 0.25) is 0 Å². The first-order chi connectivity index (χ1) is 17.4. The highest BCUT2D eigenvalue weighted by atomic mass is 32.2. The van der Waals surface area contributed by atoms with E-state index in [0.717, 1.165) is 28.1 Å². The van der Waals surface area contributed by atoms with Gasteiger partial charge in [-0.2, -0.15) is 5.10 Å². The molecule has 178 valence electrons. The molecule has 0 radical (unpaired) electrons. The van der Waals surface area contributed by atoms with Gasteiger partial charge in [-0.1, -0.05) is 36.4 Å². The molecule has 36 heavy (non-hydrogen) atoms. The van der Waals surface area contributed by atoms with Crippen LogP contribution in [0, 0.1) is 0 Å². The van der Waals surface area contributed by atoms with E-state index in [2.05, 4.69) is 10.4 Å². The summed E-state index contributed by atoms with van der Waals surface area (Å²) in [5.74, 6) is -0.270. The first-order valence-corrected chi connectivity index (χ1v) is 12.8. The minimum atomic E-state index is -3.46. The fourth-order valence-electron chi connectivity index (χ4n) is 4.43. The Hall–Kier alpha value is -4.50. The number of carbonyl (C=O) groups is 1. The smallest absolute Gasteiger partial charge is 0.230 e. The van der Waals surface area contributed by atoms with Crippen LogP contribution in [0.3, 0.4) is 0 Å². The molecule has 1 N–H and O–H groups in total. The van der Waals surface area contributed by atoms with Crippen LogP contribution in [-0.4, -0.2) is 33.5 Å². The van der Waals surface area contributed by atoms with E-state index in [-0.39, 0.29) is 17.2 Å². The fourth-order valence-corrected chi connectivity index (χ4v) is 5.66. The van der Waals surface area contributed by atoms with Crippen molar-refractivity contribution in [2.45, 2.75) is 11.3 Å². The van der Waals surface area contributed by atoms with Crippen molar-refractivity contribution in [1.29, 1.82) is 0 Å². The quantitative estimate of drug-likeness (QED) is 0.391. The molecule has 0 fully saturated rings. The molecule has 0 saturated carbocycles. The average molecular weight is 496 g/mol. The van der Waals surface area contributed by atoms with Crippen molar-refractivity contribution < 1.29 is 13.2 Å². The molecule has 9 heteroatoms. The molecule has 1 aliphatic heterocycles. The first-order valence-electron chi connectivity index (χ1n) is 11.3. The Bertz CT molecular complexity index is 1780. The molecular weight excluding hydrogens is 474 g/mol. The van der Waals surface area contributed by atoms with Crippen molar-refractivity contribution in [2.75, 3.05) is 5.32 Å². The normalized spacial score (nSPS) is 13.7. The molecule has 8 nitrogen and oxygen atoms in total. The van der Waals surface area contributed by atoms with Gasteiger partial charge in [0.2, 0.25) is 15.7 Å². The van der Waals surface area contributed by atoms with Crippen LogP contribution in [0.15, 0.2) is 89.6 Å². The molecule has 0 unspecified atom stereocenters. The molecule has 0 atom stereocenters. The highest BCUT2D eigenvalue weighted by Gasteiger charge is 2.22. The third-order valence-electron chi connectivity index (χ3n) is 6.17. The molecule has 0 saturated heterocycles. The Labute approximate surface area is 207 Å². The van der Waals surface area contributed by atoms with Gasteiger partial charge >= 0.3 is 0 Å². The molecule has 0 aliphatic carbocycles. The number of aromatic nitrogens is 4. The zero-order valence-corrected chi connectivity index (χ0v) is 20.1. The van der Waals surface area contributed by atoms with Gasteiger partial charge in [0.15, 0.2) is 0 Å². The molecule has 3 aromatic heterocycles. The number of fused-ring (bicyclic) bond motifs is 2. The van der Waals surface area contributed by atoms with Crippen LogP contribution < -0.4 is 5.32 Å². The van der Waals surface area contributed by atoms with Gasteiger partial charge in [0, 0.05) is 41.7 Å². The molecular formula is C27H21N5O3S. The highest BCUT2D eigenvalue weighted by molar-refractivity contribution is 7.94. The van der Waals surface area contributed by atoms with Gasteiger partial charge in [-0.05, 0) is 41.5 Å². The number of hydrogen-bond donors (Lipinski definition) is 1. The van der Waals surface area contributed by atoms with E-state index in [1.165, 1.54) is 11.5 Å². The lowest BCUT2D eigenvalue weighted by molar-refractivity contribution is -0.115. The number of rotatable bonds is 5. The number of imidazole rings is 1.